The lowest BCUT2D eigenvalue weighted by Crippen LogP contribution is -2.46. The molecular weight excluding hydrogens is 316 g/mol. The molecule has 0 amide bonds. The van der Waals surface area contributed by atoms with E-state index in [1.165, 1.54) is 6.42 Å². The molecule has 0 spiro atoms. The highest BCUT2D eigenvalue weighted by atomic mass is 79.9. The zero-order chi connectivity index (χ0) is 14.7. The molecule has 0 aliphatic carbocycles. The molecular formula is C15H25BrN4. The van der Waals surface area contributed by atoms with E-state index < -0.39 is 0 Å². The van der Waals surface area contributed by atoms with Crippen LogP contribution in [0, 0.1) is 11.8 Å². The van der Waals surface area contributed by atoms with Crippen LogP contribution in [0.1, 0.15) is 40.5 Å². The second kappa shape index (κ2) is 6.74. The van der Waals surface area contributed by atoms with Gasteiger partial charge in [0.15, 0.2) is 0 Å². The average molecular weight is 341 g/mol. The van der Waals surface area contributed by atoms with Crippen molar-refractivity contribution in [1.29, 1.82) is 0 Å². The zero-order valence-electron chi connectivity index (χ0n) is 12.9. The maximum Gasteiger partial charge on any atom is 0.224 e. The minimum absolute atomic E-state index is 0.511. The van der Waals surface area contributed by atoms with E-state index >= 15 is 0 Å². The van der Waals surface area contributed by atoms with Gasteiger partial charge in [-0.2, -0.15) is 4.98 Å². The van der Waals surface area contributed by atoms with Gasteiger partial charge in [-0.3, -0.25) is 0 Å². The Balaban J connectivity index is 2.25. The summed E-state index contributed by atoms with van der Waals surface area (Å²) in [7, 11) is 0. The Hall–Kier alpha value is -0.840. The highest BCUT2D eigenvalue weighted by Gasteiger charge is 2.30. The lowest BCUT2D eigenvalue weighted by atomic mass is 9.86. The first kappa shape index (κ1) is 15.5. The summed E-state index contributed by atoms with van der Waals surface area (Å²) in [6, 6.07) is 0.511. The van der Waals surface area contributed by atoms with Gasteiger partial charge in [-0.05, 0) is 47.5 Å². The molecule has 3 unspecified atom stereocenters. The van der Waals surface area contributed by atoms with Crippen molar-refractivity contribution >= 4 is 27.7 Å². The highest BCUT2D eigenvalue weighted by molar-refractivity contribution is 9.10. The van der Waals surface area contributed by atoms with Crippen LogP contribution in [0.2, 0.25) is 0 Å². The van der Waals surface area contributed by atoms with Crippen LogP contribution in [0.15, 0.2) is 10.7 Å². The Morgan fingerprint density at radius 1 is 1.40 bits per heavy atom. The third-order valence-electron chi connectivity index (χ3n) is 4.13. The summed E-state index contributed by atoms with van der Waals surface area (Å²) < 4.78 is 0.979. The number of anilines is 2. The Kier molecular flexibility index (Phi) is 5.24. The number of aromatic nitrogens is 2. The molecule has 20 heavy (non-hydrogen) atoms. The van der Waals surface area contributed by atoms with Crippen molar-refractivity contribution in [2.75, 3.05) is 23.3 Å². The van der Waals surface area contributed by atoms with Gasteiger partial charge in [0.2, 0.25) is 5.95 Å². The lowest BCUT2D eigenvalue weighted by molar-refractivity contribution is 0.295. The van der Waals surface area contributed by atoms with Gasteiger partial charge in [0.25, 0.3) is 0 Å². The van der Waals surface area contributed by atoms with Crippen molar-refractivity contribution < 1.29 is 0 Å². The number of rotatable bonds is 4. The van der Waals surface area contributed by atoms with Crippen molar-refractivity contribution in [3.8, 4) is 0 Å². The Morgan fingerprint density at radius 3 is 2.85 bits per heavy atom. The standard InChI is InChI=1S/C15H25BrN4/c1-5-6-17-15-18-8-13(16)14(19-15)20-9-10(2)7-11(3)12(20)4/h8,10-12H,5-7,9H2,1-4H3,(H,17,18,19). The normalized spacial score (nSPS) is 26.6. The molecule has 0 bridgehead atoms. The van der Waals surface area contributed by atoms with Crippen LogP contribution in [0.4, 0.5) is 11.8 Å². The van der Waals surface area contributed by atoms with Gasteiger partial charge in [0.05, 0.1) is 4.47 Å². The van der Waals surface area contributed by atoms with Crippen LogP contribution in [0.25, 0.3) is 0 Å². The lowest BCUT2D eigenvalue weighted by Gasteiger charge is -2.42. The molecule has 1 fully saturated rings. The van der Waals surface area contributed by atoms with Crippen molar-refractivity contribution in [3.05, 3.63) is 10.7 Å². The number of hydrogen-bond acceptors (Lipinski definition) is 4. The second-order valence-electron chi connectivity index (χ2n) is 6.00. The summed E-state index contributed by atoms with van der Waals surface area (Å²) in [5.74, 6) is 3.13. The smallest absolute Gasteiger partial charge is 0.224 e. The Morgan fingerprint density at radius 2 is 2.15 bits per heavy atom. The summed E-state index contributed by atoms with van der Waals surface area (Å²) in [5.41, 5.74) is 0. The van der Waals surface area contributed by atoms with Crippen molar-refractivity contribution in [3.63, 3.8) is 0 Å². The van der Waals surface area contributed by atoms with E-state index in [1.54, 1.807) is 0 Å². The molecule has 0 aromatic carbocycles. The van der Waals surface area contributed by atoms with Crippen LogP contribution in [-0.2, 0) is 0 Å². The average Bonchev–Trinajstić information content (AvgIpc) is 2.42. The molecule has 1 N–H and O–H groups in total. The monoisotopic (exact) mass is 340 g/mol. The van der Waals surface area contributed by atoms with Gasteiger partial charge in [0, 0.05) is 25.3 Å². The highest BCUT2D eigenvalue weighted by Crippen LogP contribution is 2.34. The first-order valence-corrected chi connectivity index (χ1v) is 8.35. The minimum atomic E-state index is 0.511. The number of piperidine rings is 1. The fraction of sp³-hybridized carbons (Fsp3) is 0.733. The molecule has 1 aliphatic rings. The van der Waals surface area contributed by atoms with Gasteiger partial charge in [-0.15, -0.1) is 0 Å². The molecule has 2 heterocycles. The van der Waals surface area contributed by atoms with Crippen molar-refractivity contribution in [2.45, 2.75) is 46.6 Å². The first-order valence-electron chi connectivity index (χ1n) is 7.56. The summed E-state index contributed by atoms with van der Waals surface area (Å²) in [6.07, 6.45) is 4.22. The molecule has 5 heteroatoms. The SMILES string of the molecule is CCCNc1ncc(Br)c(N2CC(C)CC(C)C2C)n1. The van der Waals surface area contributed by atoms with E-state index in [0.29, 0.717) is 17.9 Å². The van der Waals surface area contributed by atoms with E-state index in [9.17, 15) is 0 Å². The third-order valence-corrected chi connectivity index (χ3v) is 4.69. The second-order valence-corrected chi connectivity index (χ2v) is 6.86. The fourth-order valence-electron chi connectivity index (χ4n) is 2.88. The van der Waals surface area contributed by atoms with E-state index in [0.717, 1.165) is 35.7 Å². The molecule has 4 nitrogen and oxygen atoms in total. The number of hydrogen-bond donors (Lipinski definition) is 1. The van der Waals surface area contributed by atoms with Crippen LogP contribution < -0.4 is 10.2 Å². The molecule has 1 aromatic heterocycles. The van der Waals surface area contributed by atoms with Crippen LogP contribution in [0.5, 0.6) is 0 Å². The third kappa shape index (κ3) is 3.43. The van der Waals surface area contributed by atoms with Crippen molar-refractivity contribution in [1.82, 2.24) is 9.97 Å². The number of nitrogens with one attached hydrogen (secondary N) is 1. The predicted molar refractivity (Wildman–Crippen MR) is 88.3 cm³/mol. The number of nitrogens with zero attached hydrogens (tertiary/aromatic N) is 3. The summed E-state index contributed by atoms with van der Waals surface area (Å²) in [6.45, 7) is 11.1. The van der Waals surface area contributed by atoms with E-state index in [4.69, 9.17) is 4.98 Å². The summed E-state index contributed by atoms with van der Waals surface area (Å²) >= 11 is 3.61. The van der Waals surface area contributed by atoms with Crippen molar-refractivity contribution in [2.24, 2.45) is 11.8 Å². The van der Waals surface area contributed by atoms with Gasteiger partial charge in [-0.25, -0.2) is 4.98 Å². The van der Waals surface area contributed by atoms with Crippen LogP contribution >= 0.6 is 15.9 Å². The van der Waals surface area contributed by atoms with Gasteiger partial charge >= 0.3 is 0 Å². The molecule has 1 aliphatic heterocycles. The number of halogens is 1. The van der Waals surface area contributed by atoms with E-state index in [2.05, 4.69) is 58.8 Å². The minimum Gasteiger partial charge on any atom is -0.354 e. The fourth-order valence-corrected chi connectivity index (χ4v) is 3.30. The van der Waals surface area contributed by atoms with Gasteiger partial charge in [0.1, 0.15) is 5.82 Å². The van der Waals surface area contributed by atoms with Gasteiger partial charge < -0.3 is 10.2 Å². The first-order chi connectivity index (χ1) is 9.52. The van der Waals surface area contributed by atoms with Crippen LogP contribution in [-0.4, -0.2) is 29.1 Å². The summed E-state index contributed by atoms with van der Waals surface area (Å²) in [4.78, 5) is 11.5. The zero-order valence-corrected chi connectivity index (χ0v) is 14.4. The van der Waals surface area contributed by atoms with Crippen LogP contribution in [0.3, 0.4) is 0 Å². The topological polar surface area (TPSA) is 41.1 Å². The molecule has 3 atom stereocenters. The predicted octanol–water partition coefficient (Wildman–Crippen LogP) is 3.93. The molecule has 2 rings (SSSR count). The Labute approximate surface area is 130 Å². The maximum absolute atomic E-state index is 4.71. The molecule has 0 radical (unpaired) electrons. The maximum atomic E-state index is 4.71. The quantitative estimate of drug-likeness (QED) is 0.901. The molecule has 112 valence electrons. The van der Waals surface area contributed by atoms with E-state index in [-0.39, 0.29) is 0 Å². The molecule has 1 saturated heterocycles. The Bertz CT molecular complexity index is 451. The molecule has 1 aromatic rings. The van der Waals surface area contributed by atoms with Gasteiger partial charge in [-0.1, -0.05) is 20.8 Å². The van der Waals surface area contributed by atoms with E-state index in [1.807, 2.05) is 6.20 Å². The summed E-state index contributed by atoms with van der Waals surface area (Å²) in [5, 5.41) is 3.27. The molecule has 0 saturated carbocycles. The largest absolute Gasteiger partial charge is 0.354 e.